The molecule has 96 valence electrons. The van der Waals surface area contributed by atoms with Crippen LogP contribution in [-0.2, 0) is 10.0 Å². The lowest BCUT2D eigenvalue weighted by Gasteiger charge is -2.20. The third-order valence-electron chi connectivity index (χ3n) is 1.51. The van der Waals surface area contributed by atoms with Crippen LogP contribution in [0.25, 0.3) is 0 Å². The van der Waals surface area contributed by atoms with Gasteiger partial charge in [0.25, 0.3) is 0 Å². The molecule has 0 aliphatic carbocycles. The molecule has 0 saturated heterocycles. The fourth-order valence-corrected chi connectivity index (χ4v) is 1.92. The first-order chi connectivity index (χ1) is 7.16. The number of aliphatic imine (C=N–C) groups is 1. The number of rotatable bonds is 5. The number of hydrogen-bond acceptors (Lipinski definition) is 3. The average molecular weight is 250 g/mol. The van der Waals surface area contributed by atoms with Crippen LogP contribution in [-0.4, -0.2) is 38.8 Å². The molecular weight excluding hydrogens is 228 g/mol. The zero-order valence-electron chi connectivity index (χ0n) is 10.4. The van der Waals surface area contributed by atoms with E-state index in [4.69, 9.17) is 5.73 Å². The summed E-state index contributed by atoms with van der Waals surface area (Å²) in [5.74, 6) is 0.215. The minimum absolute atomic E-state index is 0.0483. The highest BCUT2D eigenvalue weighted by Crippen LogP contribution is 1.96. The van der Waals surface area contributed by atoms with Crippen LogP contribution in [0.4, 0.5) is 0 Å². The van der Waals surface area contributed by atoms with E-state index in [1.54, 1.807) is 6.92 Å². The van der Waals surface area contributed by atoms with Gasteiger partial charge in [0.05, 0.1) is 12.3 Å². The van der Waals surface area contributed by atoms with E-state index in [2.05, 4.69) is 15.0 Å². The van der Waals surface area contributed by atoms with Gasteiger partial charge in [-0.2, -0.15) is 0 Å². The molecule has 0 atom stereocenters. The average Bonchev–Trinajstić information content (AvgIpc) is 1.99. The highest BCUT2D eigenvalue weighted by molar-refractivity contribution is 7.89. The van der Waals surface area contributed by atoms with Gasteiger partial charge in [-0.3, -0.25) is 4.99 Å². The second kappa shape index (κ2) is 6.05. The molecule has 4 N–H and O–H groups in total. The minimum atomic E-state index is -3.21. The molecule has 0 heterocycles. The van der Waals surface area contributed by atoms with Crippen molar-refractivity contribution in [3.63, 3.8) is 0 Å². The molecule has 0 fully saturated rings. The fraction of sp³-hybridized carbons (Fsp3) is 0.889. The van der Waals surface area contributed by atoms with Crippen molar-refractivity contribution in [1.82, 2.24) is 10.0 Å². The van der Waals surface area contributed by atoms with E-state index in [-0.39, 0.29) is 23.8 Å². The summed E-state index contributed by atoms with van der Waals surface area (Å²) in [5.41, 5.74) is 5.41. The van der Waals surface area contributed by atoms with Gasteiger partial charge in [0.1, 0.15) is 0 Å². The predicted molar refractivity (Wildman–Crippen MR) is 66.8 cm³/mol. The Labute approximate surface area is 97.8 Å². The second-order valence-corrected chi connectivity index (χ2v) is 6.39. The Kier molecular flexibility index (Phi) is 5.74. The van der Waals surface area contributed by atoms with Gasteiger partial charge < -0.3 is 11.1 Å². The van der Waals surface area contributed by atoms with Gasteiger partial charge in [0.15, 0.2) is 5.96 Å². The van der Waals surface area contributed by atoms with Gasteiger partial charge in [-0.25, -0.2) is 13.1 Å². The van der Waals surface area contributed by atoms with Crippen LogP contribution in [0.1, 0.15) is 27.7 Å². The fourth-order valence-electron chi connectivity index (χ4n) is 1.00. The lowest BCUT2D eigenvalue weighted by atomic mass is 10.1. The second-order valence-electron chi connectivity index (χ2n) is 4.46. The largest absolute Gasteiger partial charge is 0.370 e. The normalized spacial score (nSPS) is 13.9. The number of hydrogen-bond donors (Lipinski definition) is 3. The Morgan fingerprint density at radius 2 is 1.94 bits per heavy atom. The SMILES string of the molecule is CCNS(=O)(=O)CCN=C(N)NC(C)(C)C. The standard InChI is InChI=1S/C9H22N4O2S/c1-5-12-16(14,15)7-6-11-8(10)13-9(2,3)4/h12H,5-7H2,1-4H3,(H3,10,11,13). The van der Waals surface area contributed by atoms with Crippen LogP contribution in [0, 0.1) is 0 Å². The third kappa shape index (κ3) is 8.49. The van der Waals surface area contributed by atoms with Crippen LogP contribution < -0.4 is 15.8 Å². The molecule has 0 aliphatic rings. The van der Waals surface area contributed by atoms with Crippen molar-refractivity contribution in [2.75, 3.05) is 18.8 Å². The molecule has 0 aromatic carbocycles. The van der Waals surface area contributed by atoms with Gasteiger partial charge in [0.2, 0.25) is 10.0 Å². The monoisotopic (exact) mass is 250 g/mol. The summed E-state index contributed by atoms with van der Waals surface area (Å²) in [6, 6.07) is 0. The summed E-state index contributed by atoms with van der Waals surface area (Å²) in [7, 11) is -3.21. The van der Waals surface area contributed by atoms with Crippen molar-refractivity contribution in [1.29, 1.82) is 0 Å². The smallest absolute Gasteiger partial charge is 0.213 e. The van der Waals surface area contributed by atoms with E-state index in [1.165, 1.54) is 0 Å². The first-order valence-corrected chi connectivity index (χ1v) is 6.87. The maximum Gasteiger partial charge on any atom is 0.213 e. The van der Waals surface area contributed by atoms with Crippen molar-refractivity contribution in [2.24, 2.45) is 10.7 Å². The summed E-state index contributed by atoms with van der Waals surface area (Å²) >= 11 is 0. The maximum absolute atomic E-state index is 11.3. The summed E-state index contributed by atoms with van der Waals surface area (Å²) in [5, 5.41) is 2.95. The van der Waals surface area contributed by atoms with E-state index in [0.717, 1.165) is 0 Å². The Morgan fingerprint density at radius 3 is 2.38 bits per heavy atom. The minimum Gasteiger partial charge on any atom is -0.370 e. The molecule has 0 aromatic rings. The van der Waals surface area contributed by atoms with Crippen LogP contribution in [0.15, 0.2) is 4.99 Å². The lowest BCUT2D eigenvalue weighted by molar-refractivity contribution is 0.508. The summed E-state index contributed by atoms with van der Waals surface area (Å²) in [6.45, 7) is 8.13. The zero-order chi connectivity index (χ0) is 12.8. The van der Waals surface area contributed by atoms with E-state index < -0.39 is 10.0 Å². The molecule has 0 spiro atoms. The summed E-state index contributed by atoms with van der Waals surface area (Å²) in [4.78, 5) is 3.94. The first kappa shape index (κ1) is 15.2. The van der Waals surface area contributed by atoms with Crippen molar-refractivity contribution in [3.05, 3.63) is 0 Å². The highest BCUT2D eigenvalue weighted by Gasteiger charge is 2.10. The molecule has 0 aliphatic heterocycles. The van der Waals surface area contributed by atoms with Crippen molar-refractivity contribution < 1.29 is 8.42 Å². The van der Waals surface area contributed by atoms with Crippen LogP contribution >= 0.6 is 0 Å². The molecule has 0 radical (unpaired) electrons. The Bertz CT molecular complexity index is 330. The number of guanidine groups is 1. The Hall–Kier alpha value is -0.820. The van der Waals surface area contributed by atoms with Gasteiger partial charge in [-0.15, -0.1) is 0 Å². The quantitative estimate of drug-likeness (QED) is 0.458. The molecule has 0 saturated carbocycles. The number of nitrogens with one attached hydrogen (secondary N) is 2. The zero-order valence-corrected chi connectivity index (χ0v) is 11.2. The number of sulfonamides is 1. The maximum atomic E-state index is 11.3. The summed E-state index contributed by atoms with van der Waals surface area (Å²) < 4.78 is 24.9. The molecule has 7 heteroatoms. The number of nitrogens with two attached hydrogens (primary N) is 1. The lowest BCUT2D eigenvalue weighted by Crippen LogP contribution is -2.45. The molecule has 0 bridgehead atoms. The van der Waals surface area contributed by atoms with Crippen LogP contribution in [0.5, 0.6) is 0 Å². The van der Waals surface area contributed by atoms with E-state index >= 15 is 0 Å². The van der Waals surface area contributed by atoms with E-state index in [1.807, 2.05) is 20.8 Å². The Balaban J connectivity index is 4.10. The molecule has 0 unspecified atom stereocenters. The van der Waals surface area contributed by atoms with Gasteiger partial charge in [-0.1, -0.05) is 6.92 Å². The molecule has 0 aromatic heterocycles. The van der Waals surface area contributed by atoms with Crippen molar-refractivity contribution in [2.45, 2.75) is 33.2 Å². The molecule has 0 amide bonds. The highest BCUT2D eigenvalue weighted by atomic mass is 32.2. The van der Waals surface area contributed by atoms with E-state index in [9.17, 15) is 8.42 Å². The molecule has 0 rings (SSSR count). The number of nitrogens with zero attached hydrogens (tertiary/aromatic N) is 1. The third-order valence-corrected chi connectivity index (χ3v) is 2.96. The molecule has 16 heavy (non-hydrogen) atoms. The first-order valence-electron chi connectivity index (χ1n) is 5.22. The summed E-state index contributed by atoms with van der Waals surface area (Å²) in [6.07, 6.45) is 0. The topological polar surface area (TPSA) is 96.6 Å². The Morgan fingerprint density at radius 1 is 1.38 bits per heavy atom. The van der Waals surface area contributed by atoms with Gasteiger partial charge in [0, 0.05) is 12.1 Å². The molecular formula is C9H22N4O2S. The predicted octanol–water partition coefficient (Wildman–Crippen LogP) is -0.371. The van der Waals surface area contributed by atoms with Crippen molar-refractivity contribution in [3.8, 4) is 0 Å². The van der Waals surface area contributed by atoms with E-state index in [0.29, 0.717) is 6.54 Å². The van der Waals surface area contributed by atoms with Crippen LogP contribution in [0.3, 0.4) is 0 Å². The van der Waals surface area contributed by atoms with Gasteiger partial charge >= 0.3 is 0 Å². The van der Waals surface area contributed by atoms with Gasteiger partial charge in [-0.05, 0) is 20.8 Å². The van der Waals surface area contributed by atoms with Crippen molar-refractivity contribution >= 4 is 16.0 Å². The van der Waals surface area contributed by atoms with Crippen LogP contribution in [0.2, 0.25) is 0 Å². The molecule has 6 nitrogen and oxygen atoms in total.